The predicted molar refractivity (Wildman–Crippen MR) is 130 cm³/mol. The number of nitrogens with zero attached hydrogens (tertiary/aromatic N) is 3. The molecule has 0 saturated carbocycles. The van der Waals surface area contributed by atoms with Gasteiger partial charge in [0, 0.05) is 21.5 Å². The van der Waals surface area contributed by atoms with Crippen molar-refractivity contribution in [3.05, 3.63) is 102 Å². The Morgan fingerprint density at radius 3 is 2.26 bits per heavy atom. The fourth-order valence-corrected chi connectivity index (χ4v) is 5.07. The highest BCUT2D eigenvalue weighted by atomic mass is 35.5. The van der Waals surface area contributed by atoms with Gasteiger partial charge >= 0.3 is 0 Å². The summed E-state index contributed by atoms with van der Waals surface area (Å²) in [4.78, 5) is 5.09. The zero-order valence-electron chi connectivity index (χ0n) is 16.5. The Morgan fingerprint density at radius 2 is 1.39 bits per heavy atom. The molecule has 0 aliphatic rings. The predicted octanol–water partition coefficient (Wildman–Crippen LogP) is 7.39. The molecule has 31 heavy (non-hydrogen) atoms. The standard InChI is InChI=1S/C27H16ClN3/c28-17-14-15-23-20(16-17)26-25(27-29-21-11-5-7-13-24(21)31(23)27)19-10-4-6-12-22(19)30(26)18-8-2-1-3-9-18/h1-16H. The number of hydrogen-bond donors (Lipinski definition) is 0. The van der Waals surface area contributed by atoms with Gasteiger partial charge in [0.25, 0.3) is 0 Å². The first-order valence-corrected chi connectivity index (χ1v) is 10.7. The smallest absolute Gasteiger partial charge is 0.148 e. The molecule has 0 bridgehead atoms. The third-order valence-electron chi connectivity index (χ3n) is 6.13. The maximum atomic E-state index is 6.53. The number of pyridine rings is 1. The van der Waals surface area contributed by atoms with Gasteiger partial charge in [-0.15, -0.1) is 0 Å². The van der Waals surface area contributed by atoms with Crippen LogP contribution in [0.3, 0.4) is 0 Å². The van der Waals surface area contributed by atoms with Crippen molar-refractivity contribution in [2.45, 2.75) is 0 Å². The lowest BCUT2D eigenvalue weighted by atomic mass is 10.1. The highest BCUT2D eigenvalue weighted by Gasteiger charge is 2.21. The Bertz CT molecular complexity index is 1790. The van der Waals surface area contributed by atoms with Crippen LogP contribution in [0.4, 0.5) is 0 Å². The van der Waals surface area contributed by atoms with Crippen molar-refractivity contribution in [2.75, 3.05) is 0 Å². The fraction of sp³-hybridized carbons (Fsp3) is 0. The van der Waals surface area contributed by atoms with E-state index in [0.717, 1.165) is 54.7 Å². The van der Waals surface area contributed by atoms with E-state index in [9.17, 15) is 0 Å². The van der Waals surface area contributed by atoms with Crippen molar-refractivity contribution in [1.29, 1.82) is 0 Å². The minimum absolute atomic E-state index is 0.724. The molecule has 0 N–H and O–H groups in total. The molecular weight excluding hydrogens is 402 g/mol. The highest BCUT2D eigenvalue weighted by molar-refractivity contribution is 6.32. The molecule has 4 heteroatoms. The number of fused-ring (bicyclic) bond motifs is 10. The van der Waals surface area contributed by atoms with Gasteiger partial charge in [-0.3, -0.25) is 4.40 Å². The second-order valence-electron chi connectivity index (χ2n) is 7.83. The molecule has 3 nitrogen and oxygen atoms in total. The first kappa shape index (κ1) is 16.9. The molecule has 0 saturated heterocycles. The van der Waals surface area contributed by atoms with Crippen molar-refractivity contribution in [3.63, 3.8) is 0 Å². The van der Waals surface area contributed by atoms with Gasteiger partial charge in [-0.25, -0.2) is 4.98 Å². The topological polar surface area (TPSA) is 22.2 Å². The Balaban J connectivity index is 1.89. The minimum Gasteiger partial charge on any atom is -0.308 e. The maximum absolute atomic E-state index is 6.53. The van der Waals surface area contributed by atoms with Crippen LogP contribution in [-0.4, -0.2) is 14.0 Å². The molecule has 0 amide bonds. The van der Waals surface area contributed by atoms with E-state index in [2.05, 4.69) is 87.8 Å². The third-order valence-corrected chi connectivity index (χ3v) is 6.36. The van der Waals surface area contributed by atoms with Gasteiger partial charge in [0.1, 0.15) is 5.65 Å². The van der Waals surface area contributed by atoms with E-state index in [4.69, 9.17) is 16.6 Å². The van der Waals surface area contributed by atoms with E-state index in [-0.39, 0.29) is 0 Å². The monoisotopic (exact) mass is 417 g/mol. The van der Waals surface area contributed by atoms with Crippen LogP contribution in [0.25, 0.3) is 55.1 Å². The molecule has 0 fully saturated rings. The van der Waals surface area contributed by atoms with Crippen LogP contribution < -0.4 is 0 Å². The van der Waals surface area contributed by atoms with Crippen molar-refractivity contribution >= 4 is 61.0 Å². The van der Waals surface area contributed by atoms with Gasteiger partial charge in [-0.05, 0) is 48.5 Å². The first-order valence-electron chi connectivity index (χ1n) is 10.3. The summed E-state index contributed by atoms with van der Waals surface area (Å²) in [7, 11) is 0. The van der Waals surface area contributed by atoms with E-state index in [1.807, 2.05) is 18.2 Å². The van der Waals surface area contributed by atoms with Gasteiger partial charge in [0.05, 0.1) is 33.0 Å². The summed E-state index contributed by atoms with van der Waals surface area (Å²) in [5, 5.41) is 4.16. The van der Waals surface area contributed by atoms with Gasteiger partial charge in [-0.1, -0.05) is 60.1 Å². The molecule has 0 atom stereocenters. The van der Waals surface area contributed by atoms with E-state index >= 15 is 0 Å². The largest absolute Gasteiger partial charge is 0.308 e. The number of benzene rings is 4. The van der Waals surface area contributed by atoms with Crippen LogP contribution >= 0.6 is 11.6 Å². The Labute approximate surface area is 182 Å². The molecule has 4 aromatic carbocycles. The zero-order valence-corrected chi connectivity index (χ0v) is 17.2. The molecule has 0 spiro atoms. The zero-order chi connectivity index (χ0) is 20.5. The SMILES string of the molecule is Clc1ccc2c(c1)c1c(c3ccccc3n1-c1ccccc1)c1nc3ccccc3n21. The van der Waals surface area contributed by atoms with E-state index in [1.165, 1.54) is 5.39 Å². The minimum atomic E-state index is 0.724. The van der Waals surface area contributed by atoms with Crippen molar-refractivity contribution < 1.29 is 0 Å². The summed E-state index contributed by atoms with van der Waals surface area (Å²) in [5.41, 5.74) is 7.57. The first-order chi connectivity index (χ1) is 15.3. The highest BCUT2D eigenvalue weighted by Crippen LogP contribution is 2.40. The molecule has 3 heterocycles. The van der Waals surface area contributed by atoms with Crippen LogP contribution in [0.2, 0.25) is 5.02 Å². The van der Waals surface area contributed by atoms with Gasteiger partial charge in [0.15, 0.2) is 0 Å². The van der Waals surface area contributed by atoms with Crippen molar-refractivity contribution in [3.8, 4) is 5.69 Å². The summed E-state index contributed by atoms with van der Waals surface area (Å²) in [6.07, 6.45) is 0. The summed E-state index contributed by atoms with van der Waals surface area (Å²) in [6.45, 7) is 0. The average Bonchev–Trinajstić information content (AvgIpc) is 3.36. The molecule has 7 aromatic rings. The number of halogens is 1. The Kier molecular flexibility index (Phi) is 3.33. The second kappa shape index (κ2) is 6.10. The quantitative estimate of drug-likeness (QED) is 0.273. The summed E-state index contributed by atoms with van der Waals surface area (Å²) in [5.74, 6) is 0. The molecule has 0 unspecified atom stereocenters. The van der Waals surface area contributed by atoms with Crippen LogP contribution in [0, 0.1) is 0 Å². The third kappa shape index (κ3) is 2.21. The fourth-order valence-electron chi connectivity index (χ4n) is 4.90. The summed E-state index contributed by atoms with van der Waals surface area (Å²) in [6, 6.07) is 33.5. The van der Waals surface area contributed by atoms with Gasteiger partial charge < -0.3 is 4.57 Å². The maximum Gasteiger partial charge on any atom is 0.148 e. The lowest BCUT2D eigenvalue weighted by molar-refractivity contribution is 1.18. The van der Waals surface area contributed by atoms with Crippen LogP contribution in [0.1, 0.15) is 0 Å². The summed E-state index contributed by atoms with van der Waals surface area (Å²) >= 11 is 6.53. The van der Waals surface area contributed by atoms with Crippen molar-refractivity contribution in [1.82, 2.24) is 14.0 Å². The molecule has 7 rings (SSSR count). The van der Waals surface area contributed by atoms with Crippen molar-refractivity contribution in [2.24, 2.45) is 0 Å². The normalized spacial score (nSPS) is 12.0. The van der Waals surface area contributed by atoms with Gasteiger partial charge in [-0.2, -0.15) is 0 Å². The molecule has 3 aromatic heterocycles. The Hall–Kier alpha value is -3.82. The number of rotatable bonds is 1. The summed E-state index contributed by atoms with van der Waals surface area (Å²) < 4.78 is 4.60. The number of imidazole rings is 1. The lowest BCUT2D eigenvalue weighted by Crippen LogP contribution is -1.96. The van der Waals surface area contributed by atoms with Crippen LogP contribution in [0.5, 0.6) is 0 Å². The molecular formula is C27H16ClN3. The second-order valence-corrected chi connectivity index (χ2v) is 8.27. The van der Waals surface area contributed by atoms with Gasteiger partial charge in [0.2, 0.25) is 0 Å². The number of para-hydroxylation sites is 4. The van der Waals surface area contributed by atoms with E-state index in [1.54, 1.807) is 0 Å². The Morgan fingerprint density at radius 1 is 0.645 bits per heavy atom. The number of hydrogen-bond acceptors (Lipinski definition) is 1. The molecule has 0 aliphatic heterocycles. The lowest BCUT2D eigenvalue weighted by Gasteiger charge is -2.11. The van der Waals surface area contributed by atoms with Crippen LogP contribution in [-0.2, 0) is 0 Å². The average molecular weight is 418 g/mol. The molecule has 0 aliphatic carbocycles. The van der Waals surface area contributed by atoms with E-state index in [0.29, 0.717) is 0 Å². The molecule has 146 valence electrons. The number of aromatic nitrogens is 3. The van der Waals surface area contributed by atoms with Crippen LogP contribution in [0.15, 0.2) is 97.1 Å². The molecule has 0 radical (unpaired) electrons. The van der Waals surface area contributed by atoms with E-state index < -0.39 is 0 Å².